The van der Waals surface area contributed by atoms with Crippen molar-refractivity contribution in [1.29, 1.82) is 0 Å². The van der Waals surface area contributed by atoms with Crippen molar-refractivity contribution in [2.45, 2.75) is 50.7 Å². The van der Waals surface area contributed by atoms with Crippen molar-refractivity contribution >= 4 is 0 Å². The van der Waals surface area contributed by atoms with Gasteiger partial charge in [0.2, 0.25) is 0 Å². The van der Waals surface area contributed by atoms with Gasteiger partial charge in [-0.05, 0) is 45.2 Å². The van der Waals surface area contributed by atoms with Gasteiger partial charge in [0, 0.05) is 25.2 Å². The van der Waals surface area contributed by atoms with Crippen LogP contribution >= 0.6 is 0 Å². The molecule has 1 saturated heterocycles. The minimum Gasteiger partial charge on any atom is -0.375 e. The molecule has 0 aliphatic carbocycles. The molecule has 0 amide bonds. The van der Waals surface area contributed by atoms with Crippen LogP contribution in [0.15, 0.2) is 30.3 Å². The summed E-state index contributed by atoms with van der Waals surface area (Å²) in [5, 5.41) is 0. The fourth-order valence-corrected chi connectivity index (χ4v) is 3.38. The van der Waals surface area contributed by atoms with Crippen LogP contribution in [0.25, 0.3) is 0 Å². The molecule has 1 aromatic rings. The van der Waals surface area contributed by atoms with E-state index < -0.39 is 0 Å². The van der Waals surface area contributed by atoms with E-state index in [2.05, 4.69) is 56.1 Å². The third kappa shape index (κ3) is 3.85. The molecule has 118 valence electrons. The molecule has 1 heterocycles. The van der Waals surface area contributed by atoms with Crippen molar-refractivity contribution in [2.24, 2.45) is 5.73 Å². The van der Waals surface area contributed by atoms with Gasteiger partial charge < -0.3 is 10.5 Å². The second-order valence-corrected chi connectivity index (χ2v) is 6.66. The average molecular weight is 290 g/mol. The Kier molecular flexibility index (Phi) is 5.42. The molecule has 0 aromatic heterocycles. The maximum atomic E-state index is 6.19. The van der Waals surface area contributed by atoms with Crippen LogP contribution in [-0.2, 0) is 11.2 Å². The summed E-state index contributed by atoms with van der Waals surface area (Å²) in [6.07, 6.45) is 4.17. The van der Waals surface area contributed by atoms with Gasteiger partial charge in [0.25, 0.3) is 0 Å². The van der Waals surface area contributed by atoms with Crippen molar-refractivity contribution in [2.75, 3.05) is 26.7 Å². The van der Waals surface area contributed by atoms with E-state index in [0.29, 0.717) is 6.54 Å². The molecular formula is C18H30N2O. The van der Waals surface area contributed by atoms with Gasteiger partial charge in [-0.15, -0.1) is 0 Å². The predicted molar refractivity (Wildman–Crippen MR) is 88.4 cm³/mol. The smallest absolute Gasteiger partial charge is 0.0670 e. The van der Waals surface area contributed by atoms with E-state index >= 15 is 0 Å². The molecule has 1 fully saturated rings. The molecular weight excluding hydrogens is 260 g/mol. The van der Waals surface area contributed by atoms with Crippen LogP contribution < -0.4 is 5.73 Å². The molecule has 2 N–H and O–H groups in total. The summed E-state index contributed by atoms with van der Waals surface area (Å²) in [4.78, 5) is 2.47. The van der Waals surface area contributed by atoms with Crippen molar-refractivity contribution in [3.05, 3.63) is 35.9 Å². The first-order valence-electron chi connectivity index (χ1n) is 8.13. The number of nitrogens with zero attached hydrogens (tertiary/aromatic N) is 1. The highest BCUT2D eigenvalue weighted by Crippen LogP contribution is 2.37. The Hall–Kier alpha value is -0.900. The first-order chi connectivity index (χ1) is 10.0. The topological polar surface area (TPSA) is 38.5 Å². The van der Waals surface area contributed by atoms with Crippen LogP contribution in [0, 0.1) is 0 Å². The minimum absolute atomic E-state index is 0.0291. The summed E-state index contributed by atoms with van der Waals surface area (Å²) >= 11 is 0. The minimum atomic E-state index is -0.0291. The van der Waals surface area contributed by atoms with E-state index in [9.17, 15) is 0 Å². The number of hydrogen-bond donors (Lipinski definition) is 1. The van der Waals surface area contributed by atoms with E-state index in [4.69, 9.17) is 10.5 Å². The summed E-state index contributed by atoms with van der Waals surface area (Å²) < 4.78 is 6.00. The summed E-state index contributed by atoms with van der Waals surface area (Å²) in [7, 11) is 2.22. The molecule has 1 aliphatic rings. The molecule has 1 aromatic carbocycles. The van der Waals surface area contributed by atoms with Gasteiger partial charge in [0.1, 0.15) is 0 Å². The molecule has 21 heavy (non-hydrogen) atoms. The third-order valence-corrected chi connectivity index (χ3v) is 5.24. The van der Waals surface area contributed by atoms with E-state index in [-0.39, 0.29) is 11.1 Å². The van der Waals surface area contributed by atoms with E-state index in [0.717, 1.165) is 38.8 Å². The van der Waals surface area contributed by atoms with Gasteiger partial charge >= 0.3 is 0 Å². The zero-order valence-corrected chi connectivity index (χ0v) is 13.8. The first-order valence-corrected chi connectivity index (χ1v) is 8.13. The SMILES string of the molecule is CCC1(C)CC(CN)(N(C)CCc2ccccc2)CCO1. The average Bonchev–Trinajstić information content (AvgIpc) is 2.53. The molecule has 1 aliphatic heterocycles. The molecule has 0 radical (unpaired) electrons. The molecule has 2 atom stereocenters. The zero-order valence-electron chi connectivity index (χ0n) is 13.8. The molecule has 2 rings (SSSR count). The van der Waals surface area contributed by atoms with Crippen molar-refractivity contribution in [3.8, 4) is 0 Å². The Morgan fingerprint density at radius 3 is 2.62 bits per heavy atom. The second-order valence-electron chi connectivity index (χ2n) is 6.66. The highest BCUT2D eigenvalue weighted by atomic mass is 16.5. The maximum absolute atomic E-state index is 6.19. The van der Waals surface area contributed by atoms with Crippen LogP contribution in [0.5, 0.6) is 0 Å². The van der Waals surface area contributed by atoms with Crippen molar-refractivity contribution < 1.29 is 4.74 Å². The van der Waals surface area contributed by atoms with Gasteiger partial charge in [0.05, 0.1) is 5.60 Å². The molecule has 3 heteroatoms. The lowest BCUT2D eigenvalue weighted by atomic mass is 9.78. The quantitative estimate of drug-likeness (QED) is 0.875. The highest BCUT2D eigenvalue weighted by molar-refractivity contribution is 5.15. The Morgan fingerprint density at radius 1 is 1.29 bits per heavy atom. The van der Waals surface area contributed by atoms with Gasteiger partial charge in [-0.2, -0.15) is 0 Å². The maximum Gasteiger partial charge on any atom is 0.0670 e. The summed E-state index contributed by atoms with van der Waals surface area (Å²) in [6, 6.07) is 10.7. The first kappa shape index (κ1) is 16.5. The van der Waals surface area contributed by atoms with Crippen LogP contribution in [0.1, 0.15) is 38.7 Å². The fraction of sp³-hybridized carbons (Fsp3) is 0.667. The number of likely N-dealkylation sites (N-methyl/N-ethyl adjacent to an activating group) is 1. The number of ether oxygens (including phenoxy) is 1. The van der Waals surface area contributed by atoms with E-state index in [1.54, 1.807) is 0 Å². The van der Waals surface area contributed by atoms with E-state index in [1.165, 1.54) is 5.56 Å². The lowest BCUT2D eigenvalue weighted by Gasteiger charge is -2.50. The molecule has 3 nitrogen and oxygen atoms in total. The van der Waals surface area contributed by atoms with Crippen LogP contribution in [0.2, 0.25) is 0 Å². The number of benzene rings is 1. The molecule has 0 saturated carbocycles. The number of hydrogen-bond acceptors (Lipinski definition) is 3. The fourth-order valence-electron chi connectivity index (χ4n) is 3.38. The van der Waals surface area contributed by atoms with Crippen LogP contribution in [0.3, 0.4) is 0 Å². The van der Waals surface area contributed by atoms with Crippen molar-refractivity contribution in [1.82, 2.24) is 4.90 Å². The van der Waals surface area contributed by atoms with Gasteiger partial charge in [-0.3, -0.25) is 4.90 Å². The lowest BCUT2D eigenvalue weighted by molar-refractivity contribution is -0.124. The summed E-state index contributed by atoms with van der Waals surface area (Å²) in [5.74, 6) is 0. The number of rotatable bonds is 6. The number of nitrogens with two attached hydrogens (primary N) is 1. The van der Waals surface area contributed by atoms with Gasteiger partial charge in [0.15, 0.2) is 0 Å². The second kappa shape index (κ2) is 6.91. The third-order valence-electron chi connectivity index (χ3n) is 5.24. The Labute approximate surface area is 129 Å². The Morgan fingerprint density at radius 2 is 2.00 bits per heavy atom. The lowest BCUT2D eigenvalue weighted by Crippen LogP contribution is -2.60. The predicted octanol–water partition coefficient (Wildman–Crippen LogP) is 2.84. The largest absolute Gasteiger partial charge is 0.375 e. The van der Waals surface area contributed by atoms with Gasteiger partial charge in [-0.25, -0.2) is 0 Å². The molecule has 0 bridgehead atoms. The van der Waals surface area contributed by atoms with E-state index in [1.807, 2.05) is 0 Å². The zero-order chi connectivity index (χ0) is 15.3. The summed E-state index contributed by atoms with van der Waals surface area (Å²) in [5.41, 5.74) is 7.63. The standard InChI is InChI=1S/C18H30N2O/c1-4-17(2)14-18(15-19,11-13-21-17)20(3)12-10-16-8-6-5-7-9-16/h5-9H,4,10-15,19H2,1-3H3. The van der Waals surface area contributed by atoms with Crippen LogP contribution in [0.4, 0.5) is 0 Å². The highest BCUT2D eigenvalue weighted by Gasteiger charge is 2.43. The summed E-state index contributed by atoms with van der Waals surface area (Å²) in [6.45, 7) is 6.99. The van der Waals surface area contributed by atoms with Crippen LogP contribution in [-0.4, -0.2) is 42.8 Å². The Balaban J connectivity index is 2.02. The monoisotopic (exact) mass is 290 g/mol. The molecule has 0 spiro atoms. The van der Waals surface area contributed by atoms with Gasteiger partial charge in [-0.1, -0.05) is 37.3 Å². The molecule has 2 unspecified atom stereocenters. The van der Waals surface area contributed by atoms with Crippen molar-refractivity contribution in [3.63, 3.8) is 0 Å². The Bertz CT molecular complexity index is 436. The normalized spacial score (nSPS) is 29.8.